The molecule has 1 aliphatic heterocycles. The second-order valence-electron chi connectivity index (χ2n) is 5.36. The fraction of sp³-hybridized carbons (Fsp3) is 0.278. The summed E-state index contributed by atoms with van der Waals surface area (Å²) in [6.07, 6.45) is 2.52. The van der Waals surface area contributed by atoms with Crippen LogP contribution in [0.15, 0.2) is 60.7 Å². The van der Waals surface area contributed by atoms with Crippen molar-refractivity contribution < 1.29 is 9.63 Å². The second kappa shape index (κ2) is 6.55. The molecule has 0 aromatic heterocycles. The highest BCUT2D eigenvalue weighted by atomic mass is 16.7. The number of benzene rings is 2. The Kier molecular flexibility index (Phi) is 4.31. The molecular weight excluding hydrogens is 262 g/mol. The fourth-order valence-electron chi connectivity index (χ4n) is 2.56. The molecule has 1 amide bonds. The third-order valence-electron chi connectivity index (χ3n) is 3.81. The normalized spacial score (nSPS) is 17.6. The van der Waals surface area contributed by atoms with Gasteiger partial charge in [-0.3, -0.25) is 9.63 Å². The number of amides is 1. The Morgan fingerprint density at radius 3 is 2.19 bits per heavy atom. The van der Waals surface area contributed by atoms with E-state index in [9.17, 15) is 4.79 Å². The van der Waals surface area contributed by atoms with Crippen LogP contribution in [0.2, 0.25) is 0 Å². The Hall–Kier alpha value is -2.13. The van der Waals surface area contributed by atoms with E-state index in [4.69, 9.17) is 4.84 Å². The number of hydroxylamine groups is 2. The molecule has 0 spiro atoms. The van der Waals surface area contributed by atoms with Crippen molar-refractivity contribution >= 4 is 5.91 Å². The smallest absolute Gasteiger partial charge is 0.248 e. The van der Waals surface area contributed by atoms with Gasteiger partial charge in [0, 0.05) is 0 Å². The highest BCUT2D eigenvalue weighted by Crippen LogP contribution is 2.25. The molecule has 1 fully saturated rings. The van der Waals surface area contributed by atoms with Crippen LogP contribution in [0.3, 0.4) is 0 Å². The zero-order valence-corrected chi connectivity index (χ0v) is 11.9. The lowest BCUT2D eigenvalue weighted by atomic mass is 9.97. The van der Waals surface area contributed by atoms with Crippen molar-refractivity contribution in [1.82, 2.24) is 5.06 Å². The van der Waals surface area contributed by atoms with E-state index in [0.29, 0.717) is 13.0 Å². The molecule has 1 atom stereocenters. The van der Waals surface area contributed by atoms with Crippen molar-refractivity contribution in [3.8, 4) is 0 Å². The summed E-state index contributed by atoms with van der Waals surface area (Å²) in [5.41, 5.74) is 2.39. The molecule has 1 aliphatic rings. The summed E-state index contributed by atoms with van der Waals surface area (Å²) in [6, 6.07) is 20.5. The average Bonchev–Trinajstić information content (AvgIpc) is 2.53. The first-order valence-electron chi connectivity index (χ1n) is 7.36. The van der Waals surface area contributed by atoms with Crippen LogP contribution in [-0.4, -0.2) is 17.0 Å². The molecule has 0 N–H and O–H groups in total. The predicted octanol–water partition coefficient (Wildman–Crippen LogP) is 3.35. The topological polar surface area (TPSA) is 29.5 Å². The number of carbonyl (C=O) groups excluding carboxylic acids is 1. The lowest BCUT2D eigenvalue weighted by Crippen LogP contribution is -2.52. The van der Waals surface area contributed by atoms with Gasteiger partial charge in [-0.15, -0.1) is 0 Å². The molecule has 0 aliphatic carbocycles. The van der Waals surface area contributed by atoms with Crippen molar-refractivity contribution in [2.75, 3.05) is 0 Å². The van der Waals surface area contributed by atoms with Gasteiger partial charge in [0.2, 0.25) is 5.91 Å². The molecule has 21 heavy (non-hydrogen) atoms. The van der Waals surface area contributed by atoms with E-state index in [2.05, 4.69) is 12.1 Å². The van der Waals surface area contributed by atoms with E-state index >= 15 is 0 Å². The van der Waals surface area contributed by atoms with Gasteiger partial charge in [0.1, 0.15) is 6.61 Å². The second-order valence-corrected chi connectivity index (χ2v) is 5.36. The molecule has 0 saturated carbocycles. The maximum atomic E-state index is 11.7. The van der Waals surface area contributed by atoms with Crippen LogP contribution in [0.1, 0.15) is 24.0 Å². The predicted molar refractivity (Wildman–Crippen MR) is 81.2 cm³/mol. The molecule has 1 heterocycles. The van der Waals surface area contributed by atoms with Gasteiger partial charge >= 0.3 is 0 Å². The summed E-state index contributed by atoms with van der Waals surface area (Å²) in [7, 11) is 0. The van der Waals surface area contributed by atoms with E-state index in [0.717, 1.165) is 18.4 Å². The molecule has 0 bridgehead atoms. The quantitative estimate of drug-likeness (QED) is 0.760. The third kappa shape index (κ3) is 3.50. The van der Waals surface area contributed by atoms with E-state index in [-0.39, 0.29) is 11.9 Å². The van der Waals surface area contributed by atoms with Crippen LogP contribution >= 0.6 is 0 Å². The minimum absolute atomic E-state index is 0.0870. The van der Waals surface area contributed by atoms with Crippen molar-refractivity contribution in [3.05, 3.63) is 71.8 Å². The van der Waals surface area contributed by atoms with Crippen LogP contribution < -0.4 is 0 Å². The fourth-order valence-corrected chi connectivity index (χ4v) is 2.56. The monoisotopic (exact) mass is 281 g/mol. The molecule has 3 rings (SSSR count). The molecular formula is C18H19NO2. The van der Waals surface area contributed by atoms with Gasteiger partial charge in [-0.2, -0.15) is 0 Å². The Morgan fingerprint density at radius 1 is 0.952 bits per heavy atom. The Morgan fingerprint density at radius 2 is 1.57 bits per heavy atom. The molecule has 0 radical (unpaired) electrons. The summed E-state index contributed by atoms with van der Waals surface area (Å²) in [4.78, 5) is 17.3. The maximum absolute atomic E-state index is 11.7. The molecule has 2 aromatic carbocycles. The summed E-state index contributed by atoms with van der Waals surface area (Å²) < 4.78 is 0. The summed E-state index contributed by atoms with van der Waals surface area (Å²) in [5, 5.41) is 1.55. The molecule has 2 aromatic rings. The minimum Gasteiger partial charge on any atom is -0.272 e. The largest absolute Gasteiger partial charge is 0.272 e. The van der Waals surface area contributed by atoms with Gasteiger partial charge in [0.15, 0.2) is 0 Å². The Balaban J connectivity index is 1.49. The van der Waals surface area contributed by atoms with Gasteiger partial charge in [0.25, 0.3) is 0 Å². The zero-order valence-electron chi connectivity index (χ0n) is 11.9. The standard InChI is InChI=1S/C18H19NO2/c20-18-13-17(12-11-15-7-3-1-4-8-15)19(18)21-14-16-9-5-2-6-10-16/h1-10,17H,11-14H2/t17-/m1/s1. The van der Waals surface area contributed by atoms with Gasteiger partial charge in [-0.05, 0) is 24.0 Å². The van der Waals surface area contributed by atoms with Crippen LogP contribution in [0.5, 0.6) is 0 Å². The van der Waals surface area contributed by atoms with Crippen molar-refractivity contribution in [2.24, 2.45) is 0 Å². The number of aryl methyl sites for hydroxylation is 1. The molecule has 1 saturated heterocycles. The van der Waals surface area contributed by atoms with E-state index in [1.807, 2.05) is 48.5 Å². The van der Waals surface area contributed by atoms with Gasteiger partial charge in [0.05, 0.1) is 12.5 Å². The van der Waals surface area contributed by atoms with Crippen LogP contribution in [0.25, 0.3) is 0 Å². The maximum Gasteiger partial charge on any atom is 0.248 e. The molecule has 3 nitrogen and oxygen atoms in total. The summed E-state index contributed by atoms with van der Waals surface area (Å²) in [5.74, 6) is 0.0870. The first kappa shape index (κ1) is 13.8. The zero-order chi connectivity index (χ0) is 14.5. The summed E-state index contributed by atoms with van der Waals surface area (Å²) in [6.45, 7) is 0.453. The van der Waals surface area contributed by atoms with E-state index < -0.39 is 0 Å². The lowest BCUT2D eigenvalue weighted by Gasteiger charge is -2.39. The SMILES string of the molecule is O=C1C[C@@H](CCc2ccccc2)N1OCc1ccccc1. The van der Waals surface area contributed by atoms with E-state index in [1.54, 1.807) is 5.06 Å². The van der Waals surface area contributed by atoms with Crippen molar-refractivity contribution in [2.45, 2.75) is 31.9 Å². The van der Waals surface area contributed by atoms with Crippen LogP contribution in [0.4, 0.5) is 0 Å². The van der Waals surface area contributed by atoms with Gasteiger partial charge < -0.3 is 0 Å². The first-order valence-corrected chi connectivity index (χ1v) is 7.36. The number of nitrogens with zero attached hydrogens (tertiary/aromatic N) is 1. The Bertz CT molecular complexity index is 583. The highest BCUT2D eigenvalue weighted by Gasteiger charge is 2.36. The first-order chi connectivity index (χ1) is 10.3. The highest BCUT2D eigenvalue weighted by molar-refractivity contribution is 5.81. The number of hydrogen-bond acceptors (Lipinski definition) is 2. The lowest BCUT2D eigenvalue weighted by molar-refractivity contribution is -0.233. The number of β-lactam (4-membered cyclic amide) rings is 1. The summed E-state index contributed by atoms with van der Waals surface area (Å²) >= 11 is 0. The number of carbonyl (C=O) groups is 1. The van der Waals surface area contributed by atoms with Crippen LogP contribution in [0, 0.1) is 0 Å². The number of hydrogen-bond donors (Lipinski definition) is 0. The van der Waals surface area contributed by atoms with Crippen LogP contribution in [-0.2, 0) is 22.7 Å². The van der Waals surface area contributed by atoms with Gasteiger partial charge in [-0.25, -0.2) is 5.06 Å². The van der Waals surface area contributed by atoms with Crippen molar-refractivity contribution in [1.29, 1.82) is 0 Å². The minimum atomic E-state index is 0.0870. The van der Waals surface area contributed by atoms with Gasteiger partial charge in [-0.1, -0.05) is 60.7 Å². The van der Waals surface area contributed by atoms with Crippen molar-refractivity contribution in [3.63, 3.8) is 0 Å². The number of rotatable bonds is 6. The Labute approximate surface area is 125 Å². The molecule has 3 heteroatoms. The molecule has 0 unspecified atom stereocenters. The van der Waals surface area contributed by atoms with E-state index in [1.165, 1.54) is 5.56 Å². The average molecular weight is 281 g/mol. The third-order valence-corrected chi connectivity index (χ3v) is 3.81. The molecule has 108 valence electrons.